The number of nitrogens with zero attached hydrogens (tertiary/aromatic N) is 2. The van der Waals surface area contributed by atoms with Crippen molar-refractivity contribution in [3.63, 3.8) is 0 Å². The fourth-order valence-electron chi connectivity index (χ4n) is 7.98. The number of β-lactam (4-membered cyclic amide) rings is 1. The van der Waals surface area contributed by atoms with Gasteiger partial charge in [0.15, 0.2) is 0 Å². The zero-order valence-electron chi connectivity index (χ0n) is 27.3. The number of amides is 1. The van der Waals surface area contributed by atoms with Crippen LogP contribution in [0.2, 0.25) is 0 Å². The van der Waals surface area contributed by atoms with Crippen LogP contribution in [0.5, 0.6) is 5.75 Å². The van der Waals surface area contributed by atoms with Gasteiger partial charge >= 0.3 is 0 Å². The van der Waals surface area contributed by atoms with E-state index in [2.05, 4.69) is 29.2 Å². The lowest BCUT2D eigenvalue weighted by molar-refractivity contribution is -0.131. The molecule has 4 unspecified atom stereocenters. The minimum absolute atomic E-state index is 0.0671. The first-order valence-corrected chi connectivity index (χ1v) is 17.4. The Labute approximate surface area is 282 Å². The van der Waals surface area contributed by atoms with Crippen LogP contribution in [0, 0.1) is 29.4 Å². The first-order chi connectivity index (χ1) is 23.4. The number of benzene rings is 4. The molecule has 7 heteroatoms. The highest BCUT2D eigenvalue weighted by molar-refractivity contribution is 6.03. The Kier molecular flexibility index (Phi) is 9.87. The Morgan fingerprint density at radius 1 is 0.812 bits per heavy atom. The molecule has 5 nitrogen and oxygen atoms in total. The van der Waals surface area contributed by atoms with Crippen molar-refractivity contribution in [3.8, 4) is 5.75 Å². The third kappa shape index (κ3) is 7.48. The second-order valence-electron chi connectivity index (χ2n) is 13.9. The number of hydrogen-bond acceptors (Lipinski definition) is 4. The van der Waals surface area contributed by atoms with Crippen molar-refractivity contribution in [3.05, 3.63) is 131 Å². The van der Waals surface area contributed by atoms with E-state index in [0.717, 1.165) is 35.1 Å². The summed E-state index contributed by atoms with van der Waals surface area (Å²) in [5.74, 6) is 1.22. The van der Waals surface area contributed by atoms with E-state index in [1.807, 2.05) is 24.3 Å². The molecule has 0 radical (unpaired) electrons. The fourth-order valence-corrected chi connectivity index (χ4v) is 7.98. The second-order valence-corrected chi connectivity index (χ2v) is 13.9. The molecule has 250 valence electrons. The first-order valence-electron chi connectivity index (χ1n) is 17.4. The highest BCUT2D eigenvalue weighted by Crippen LogP contribution is 2.46. The van der Waals surface area contributed by atoms with Crippen molar-refractivity contribution in [2.75, 3.05) is 24.5 Å². The largest absolute Gasteiger partial charge is 0.489 e. The van der Waals surface area contributed by atoms with Crippen LogP contribution < -0.4 is 9.64 Å². The van der Waals surface area contributed by atoms with Crippen LogP contribution in [0.25, 0.3) is 0 Å². The Morgan fingerprint density at radius 3 is 2.21 bits per heavy atom. The van der Waals surface area contributed by atoms with E-state index in [1.54, 1.807) is 29.2 Å². The van der Waals surface area contributed by atoms with E-state index in [4.69, 9.17) is 4.74 Å². The predicted molar refractivity (Wildman–Crippen MR) is 184 cm³/mol. The maximum Gasteiger partial charge on any atom is 0.233 e. The average molecular weight is 651 g/mol. The summed E-state index contributed by atoms with van der Waals surface area (Å²) in [6.07, 6.45) is 6.46. The van der Waals surface area contributed by atoms with E-state index in [1.165, 1.54) is 75.1 Å². The fraction of sp³-hybridized carbons (Fsp3) is 0.390. The zero-order chi connectivity index (χ0) is 33.0. The van der Waals surface area contributed by atoms with E-state index >= 15 is 0 Å². The first kappa shape index (κ1) is 32.5. The van der Waals surface area contributed by atoms with Crippen molar-refractivity contribution >= 4 is 11.6 Å². The van der Waals surface area contributed by atoms with Crippen LogP contribution in [-0.2, 0) is 17.8 Å². The lowest BCUT2D eigenvalue weighted by atomic mass is 9.78. The molecule has 0 saturated carbocycles. The lowest BCUT2D eigenvalue weighted by Crippen LogP contribution is -2.55. The molecule has 8 rings (SSSR count). The van der Waals surface area contributed by atoms with E-state index in [0.29, 0.717) is 30.7 Å². The number of hydrogen-bond donors (Lipinski definition) is 1. The lowest BCUT2D eigenvalue weighted by Gasteiger charge is -2.48. The third-order valence-corrected chi connectivity index (χ3v) is 10.7. The SMILES string of the molecule is O=C1C(CCC(O)c2ccc(F)cc2)C(c2ccc(OCc3cccc(CC4CCN5CCC(CC5)C4)c3)cc2)N1c1ccc(F)cc1. The maximum absolute atomic E-state index is 13.7. The van der Waals surface area contributed by atoms with E-state index < -0.39 is 6.10 Å². The summed E-state index contributed by atoms with van der Waals surface area (Å²) in [6.45, 7) is 4.26. The summed E-state index contributed by atoms with van der Waals surface area (Å²) in [5, 5.41) is 10.8. The number of ether oxygens (including phenoxy) is 1. The molecular weight excluding hydrogens is 606 g/mol. The van der Waals surface area contributed by atoms with E-state index in [9.17, 15) is 18.7 Å². The molecule has 4 aromatic carbocycles. The number of anilines is 1. The minimum atomic E-state index is -0.807. The van der Waals surface area contributed by atoms with Gasteiger partial charge in [-0.3, -0.25) is 4.79 Å². The number of aliphatic hydroxyl groups excluding tert-OH is 1. The molecule has 4 atom stereocenters. The van der Waals surface area contributed by atoms with Crippen LogP contribution in [0.15, 0.2) is 97.1 Å². The van der Waals surface area contributed by atoms with Crippen molar-refractivity contribution in [2.24, 2.45) is 17.8 Å². The van der Waals surface area contributed by atoms with Crippen molar-refractivity contribution < 1.29 is 23.4 Å². The Morgan fingerprint density at radius 2 is 1.48 bits per heavy atom. The summed E-state index contributed by atoms with van der Waals surface area (Å²) < 4.78 is 33.3. The number of rotatable bonds is 11. The topological polar surface area (TPSA) is 53.0 Å². The number of halogens is 2. The highest BCUT2D eigenvalue weighted by Gasteiger charge is 2.48. The number of piperidine rings is 1. The Bertz CT molecular complexity index is 1670. The van der Waals surface area contributed by atoms with Crippen LogP contribution in [0.4, 0.5) is 14.5 Å². The van der Waals surface area contributed by atoms with Gasteiger partial charge in [-0.2, -0.15) is 0 Å². The zero-order valence-corrected chi connectivity index (χ0v) is 27.3. The molecule has 1 N–H and O–H groups in total. The Balaban J connectivity index is 1.00. The molecule has 1 amide bonds. The summed E-state index contributed by atoms with van der Waals surface area (Å²) in [7, 11) is 0. The maximum atomic E-state index is 13.7. The summed E-state index contributed by atoms with van der Waals surface area (Å²) in [5.41, 5.74) is 4.73. The predicted octanol–water partition coefficient (Wildman–Crippen LogP) is 8.43. The molecule has 4 heterocycles. The normalized spacial score (nSPS) is 24.4. The number of carbonyl (C=O) groups is 1. The number of fused-ring (bicyclic) bond motifs is 5. The monoisotopic (exact) mass is 650 g/mol. The van der Waals surface area contributed by atoms with Crippen LogP contribution in [-0.4, -0.2) is 35.5 Å². The van der Waals surface area contributed by atoms with Gasteiger partial charge in [-0.05, 0) is 147 Å². The van der Waals surface area contributed by atoms with Gasteiger partial charge < -0.3 is 19.6 Å². The van der Waals surface area contributed by atoms with Gasteiger partial charge in [-0.15, -0.1) is 0 Å². The molecule has 0 aromatic heterocycles. The average Bonchev–Trinajstić information content (AvgIpc) is 3.09. The molecule has 4 aliphatic rings. The molecule has 4 aromatic rings. The van der Waals surface area contributed by atoms with E-state index in [-0.39, 0.29) is 29.5 Å². The van der Waals surface area contributed by atoms with Crippen LogP contribution in [0.1, 0.15) is 72.9 Å². The standard InChI is InChI=1S/C41H44F2N2O3/c42-34-8-4-32(5-9-34)39(46)17-16-38-40(45(41(38)47)36-12-10-35(43)11-13-36)33-6-14-37(15-7-33)48-27-31-3-1-2-29(26-31)25-30-20-23-44-21-18-28(24-30)19-22-44/h1-15,26,28,30,38-40,46H,16-25,27H2. The summed E-state index contributed by atoms with van der Waals surface area (Å²) >= 11 is 0. The van der Waals surface area contributed by atoms with Gasteiger partial charge in [0.2, 0.25) is 5.91 Å². The number of carbonyl (C=O) groups excluding carboxylic acids is 1. The van der Waals surface area contributed by atoms with Crippen LogP contribution in [0.3, 0.4) is 0 Å². The molecule has 4 aliphatic heterocycles. The third-order valence-electron chi connectivity index (χ3n) is 10.7. The Hall–Kier alpha value is -4.07. The molecule has 4 saturated heterocycles. The molecular formula is C41H44F2N2O3. The smallest absolute Gasteiger partial charge is 0.233 e. The van der Waals surface area contributed by atoms with Gasteiger partial charge in [0.1, 0.15) is 24.0 Å². The van der Waals surface area contributed by atoms with Crippen LogP contribution >= 0.6 is 0 Å². The molecule has 48 heavy (non-hydrogen) atoms. The summed E-state index contributed by atoms with van der Waals surface area (Å²) in [4.78, 5) is 17.8. The van der Waals surface area contributed by atoms with Gasteiger partial charge in [0.05, 0.1) is 18.1 Å². The van der Waals surface area contributed by atoms with Gasteiger partial charge in [-0.25, -0.2) is 8.78 Å². The molecule has 4 fully saturated rings. The number of aliphatic hydroxyl groups is 1. The highest BCUT2D eigenvalue weighted by atomic mass is 19.1. The van der Waals surface area contributed by atoms with Crippen molar-refractivity contribution in [1.82, 2.24) is 4.90 Å². The van der Waals surface area contributed by atoms with Crippen molar-refractivity contribution in [1.29, 1.82) is 0 Å². The van der Waals surface area contributed by atoms with Gasteiger partial charge in [-0.1, -0.05) is 48.5 Å². The summed E-state index contributed by atoms with van der Waals surface area (Å²) in [6, 6.07) is 28.1. The van der Waals surface area contributed by atoms with Crippen molar-refractivity contribution in [2.45, 2.75) is 63.7 Å². The minimum Gasteiger partial charge on any atom is -0.489 e. The molecule has 2 bridgehead atoms. The molecule has 0 spiro atoms. The van der Waals surface area contributed by atoms with Gasteiger partial charge in [0, 0.05) is 5.69 Å². The quantitative estimate of drug-likeness (QED) is 0.166. The molecule has 0 aliphatic carbocycles. The van der Waals surface area contributed by atoms with Gasteiger partial charge in [0.25, 0.3) is 0 Å². The second kappa shape index (κ2) is 14.6.